The van der Waals surface area contributed by atoms with Crippen LogP contribution in [0, 0.1) is 0 Å². The maximum Gasteiger partial charge on any atom is 0.249 e. The number of aliphatic hydroxyl groups is 4. The van der Waals surface area contributed by atoms with E-state index in [1.807, 2.05) is 0 Å². The lowest BCUT2D eigenvalue weighted by molar-refractivity contribution is -0.132. The van der Waals surface area contributed by atoms with Gasteiger partial charge < -0.3 is 25.7 Å². The fraction of sp³-hybridized carbons (Fsp3) is 0.891. The molecule has 6 heteroatoms. The molecule has 4 unspecified atom stereocenters. The average Bonchev–Trinajstić information content (AvgIpc) is 3.15. The highest BCUT2D eigenvalue weighted by Gasteiger charge is 2.28. The number of amides is 1. The van der Waals surface area contributed by atoms with E-state index >= 15 is 0 Å². The van der Waals surface area contributed by atoms with Gasteiger partial charge in [-0.05, 0) is 38.5 Å². The second kappa shape index (κ2) is 41.0. The predicted molar refractivity (Wildman–Crippen MR) is 224 cm³/mol. The lowest BCUT2D eigenvalue weighted by Gasteiger charge is -2.27. The highest BCUT2D eigenvalue weighted by atomic mass is 16.3. The number of rotatable bonds is 41. The second-order valence-electron chi connectivity index (χ2n) is 15.8. The molecule has 0 aromatic carbocycles. The van der Waals surface area contributed by atoms with Gasteiger partial charge in [-0.3, -0.25) is 4.79 Å². The summed E-state index contributed by atoms with van der Waals surface area (Å²) < 4.78 is 0. The fourth-order valence-corrected chi connectivity index (χ4v) is 7.04. The van der Waals surface area contributed by atoms with Crippen LogP contribution in [0.25, 0.3) is 0 Å². The van der Waals surface area contributed by atoms with Gasteiger partial charge in [0.1, 0.15) is 12.2 Å². The van der Waals surface area contributed by atoms with Crippen LogP contribution in [-0.2, 0) is 4.79 Å². The number of aliphatic hydroxyl groups excluding tert-OH is 4. The Bertz CT molecular complexity index is 787. The van der Waals surface area contributed by atoms with Crippen molar-refractivity contribution in [1.29, 1.82) is 0 Å². The van der Waals surface area contributed by atoms with Gasteiger partial charge in [0, 0.05) is 0 Å². The van der Waals surface area contributed by atoms with Crippen LogP contribution < -0.4 is 5.32 Å². The molecule has 0 saturated carbocycles. The van der Waals surface area contributed by atoms with Gasteiger partial charge in [0.15, 0.2) is 0 Å². The van der Waals surface area contributed by atoms with Gasteiger partial charge in [0.2, 0.25) is 5.91 Å². The summed E-state index contributed by atoms with van der Waals surface area (Å²) in [6.07, 6.45) is 46.4. The summed E-state index contributed by atoms with van der Waals surface area (Å²) in [7, 11) is 0. The van der Waals surface area contributed by atoms with Gasteiger partial charge in [0.05, 0.1) is 18.8 Å². The SMILES string of the molecule is CCCCC/C=C\C=C/CCCCCCCC(O)C(=O)NC(CO)C(O)C(O)CCCCCCCCCCCCCCCCCCCCCCCC. The maximum atomic E-state index is 12.5. The fourth-order valence-electron chi connectivity index (χ4n) is 7.04. The highest BCUT2D eigenvalue weighted by molar-refractivity contribution is 5.80. The Labute approximate surface area is 323 Å². The molecule has 0 fully saturated rings. The predicted octanol–water partition coefficient (Wildman–Crippen LogP) is 12.0. The standard InChI is InChI=1S/C46H89NO5/c1-3-5-7-9-11-13-15-17-19-20-21-22-23-24-25-26-28-29-31-33-35-37-39-43(49)45(51)42(41-48)47-46(52)44(50)40-38-36-34-32-30-27-18-16-14-12-10-8-6-4-2/h12,14,16,18,42-45,48-51H,3-11,13,15,17,19-41H2,1-2H3,(H,47,52)/b14-12-,18-16-. The molecular formula is C46H89NO5. The smallest absolute Gasteiger partial charge is 0.249 e. The van der Waals surface area contributed by atoms with Crippen LogP contribution in [0.3, 0.4) is 0 Å². The third-order valence-electron chi connectivity index (χ3n) is 10.7. The van der Waals surface area contributed by atoms with Crippen molar-refractivity contribution >= 4 is 5.91 Å². The van der Waals surface area contributed by atoms with Gasteiger partial charge in [-0.2, -0.15) is 0 Å². The van der Waals surface area contributed by atoms with E-state index < -0.39 is 36.9 Å². The van der Waals surface area contributed by atoms with E-state index in [0.717, 1.165) is 64.2 Å². The van der Waals surface area contributed by atoms with Crippen molar-refractivity contribution in [3.8, 4) is 0 Å². The molecule has 0 heterocycles. The molecule has 52 heavy (non-hydrogen) atoms. The van der Waals surface area contributed by atoms with Crippen molar-refractivity contribution in [3.63, 3.8) is 0 Å². The maximum absolute atomic E-state index is 12.5. The molecular weight excluding hydrogens is 647 g/mol. The molecule has 5 N–H and O–H groups in total. The molecule has 4 atom stereocenters. The number of hydrogen-bond donors (Lipinski definition) is 5. The van der Waals surface area contributed by atoms with Crippen LogP contribution in [0.15, 0.2) is 24.3 Å². The summed E-state index contributed by atoms with van der Waals surface area (Å²) in [5, 5.41) is 43.7. The van der Waals surface area contributed by atoms with Crippen LogP contribution in [0.4, 0.5) is 0 Å². The first-order chi connectivity index (χ1) is 25.5. The molecule has 0 aromatic heterocycles. The molecule has 0 aliphatic carbocycles. The first-order valence-corrected chi connectivity index (χ1v) is 22.7. The Morgan fingerprint density at radius 3 is 1.21 bits per heavy atom. The quantitative estimate of drug-likeness (QED) is 0.0317. The third-order valence-corrected chi connectivity index (χ3v) is 10.7. The molecule has 1 amide bonds. The van der Waals surface area contributed by atoms with Crippen LogP contribution in [-0.4, -0.2) is 57.3 Å². The minimum Gasteiger partial charge on any atom is -0.394 e. The largest absolute Gasteiger partial charge is 0.394 e. The van der Waals surface area contributed by atoms with Crippen LogP contribution >= 0.6 is 0 Å². The number of nitrogens with one attached hydrogen (secondary N) is 1. The van der Waals surface area contributed by atoms with Crippen molar-refractivity contribution in [3.05, 3.63) is 24.3 Å². The lowest BCUT2D eigenvalue weighted by Crippen LogP contribution is -2.53. The molecule has 0 spiro atoms. The Morgan fingerprint density at radius 2 is 0.808 bits per heavy atom. The van der Waals surface area contributed by atoms with E-state index in [2.05, 4.69) is 43.5 Å². The minimum atomic E-state index is -1.26. The molecule has 0 saturated heterocycles. The van der Waals surface area contributed by atoms with E-state index in [1.54, 1.807) is 0 Å². The van der Waals surface area contributed by atoms with Crippen molar-refractivity contribution in [2.24, 2.45) is 0 Å². The van der Waals surface area contributed by atoms with E-state index in [-0.39, 0.29) is 0 Å². The van der Waals surface area contributed by atoms with Crippen LogP contribution in [0.2, 0.25) is 0 Å². The molecule has 6 nitrogen and oxygen atoms in total. The van der Waals surface area contributed by atoms with Gasteiger partial charge in [-0.25, -0.2) is 0 Å². The molecule has 0 aliphatic rings. The number of hydrogen-bond acceptors (Lipinski definition) is 5. The van der Waals surface area contributed by atoms with Crippen molar-refractivity contribution in [2.45, 2.75) is 257 Å². The molecule has 0 bridgehead atoms. The minimum absolute atomic E-state index is 0.352. The summed E-state index contributed by atoms with van der Waals surface area (Å²) in [5.41, 5.74) is 0. The van der Waals surface area contributed by atoms with Gasteiger partial charge >= 0.3 is 0 Å². The first kappa shape index (κ1) is 50.8. The van der Waals surface area contributed by atoms with E-state index in [4.69, 9.17) is 0 Å². The number of unbranched alkanes of at least 4 members (excludes halogenated alkanes) is 29. The summed E-state index contributed by atoms with van der Waals surface area (Å²) in [4.78, 5) is 12.5. The zero-order valence-corrected chi connectivity index (χ0v) is 34.6. The first-order valence-electron chi connectivity index (χ1n) is 22.7. The Balaban J connectivity index is 3.70. The average molecular weight is 736 g/mol. The van der Waals surface area contributed by atoms with E-state index in [0.29, 0.717) is 12.8 Å². The third kappa shape index (κ3) is 34.6. The zero-order chi connectivity index (χ0) is 38.2. The highest BCUT2D eigenvalue weighted by Crippen LogP contribution is 2.17. The number of carbonyl (C=O) groups excluding carboxylic acids is 1. The topological polar surface area (TPSA) is 110 Å². The zero-order valence-electron chi connectivity index (χ0n) is 34.6. The monoisotopic (exact) mass is 736 g/mol. The lowest BCUT2D eigenvalue weighted by atomic mass is 9.99. The van der Waals surface area contributed by atoms with Crippen molar-refractivity contribution < 1.29 is 25.2 Å². The molecule has 0 aliphatic heterocycles. The summed E-state index contributed by atoms with van der Waals surface area (Å²) >= 11 is 0. The van der Waals surface area contributed by atoms with Crippen molar-refractivity contribution in [1.82, 2.24) is 5.32 Å². The molecule has 308 valence electrons. The Hall–Kier alpha value is -1.21. The molecule has 0 aromatic rings. The van der Waals surface area contributed by atoms with Gasteiger partial charge in [-0.1, -0.05) is 218 Å². The Kier molecular flexibility index (Phi) is 40.0. The second-order valence-corrected chi connectivity index (χ2v) is 15.8. The summed E-state index contributed by atoms with van der Waals surface area (Å²) in [6.45, 7) is 4.02. The van der Waals surface area contributed by atoms with E-state index in [1.165, 1.54) is 141 Å². The Morgan fingerprint density at radius 1 is 0.481 bits per heavy atom. The van der Waals surface area contributed by atoms with Gasteiger partial charge in [0.25, 0.3) is 0 Å². The number of carbonyl (C=O) groups is 1. The van der Waals surface area contributed by atoms with Crippen molar-refractivity contribution in [2.75, 3.05) is 6.61 Å². The van der Waals surface area contributed by atoms with Gasteiger partial charge in [-0.15, -0.1) is 0 Å². The molecule has 0 rings (SSSR count). The molecule has 0 radical (unpaired) electrons. The summed E-state index contributed by atoms with van der Waals surface area (Å²) in [6, 6.07) is -0.990. The van der Waals surface area contributed by atoms with Crippen LogP contribution in [0.5, 0.6) is 0 Å². The normalized spacial score (nSPS) is 14.3. The number of allylic oxidation sites excluding steroid dienone is 4. The van der Waals surface area contributed by atoms with Crippen LogP contribution in [0.1, 0.15) is 232 Å². The summed E-state index contributed by atoms with van der Waals surface area (Å²) in [5.74, 6) is -0.595. The van der Waals surface area contributed by atoms with E-state index in [9.17, 15) is 25.2 Å².